The van der Waals surface area contributed by atoms with Gasteiger partial charge in [0.2, 0.25) is 0 Å². The standard InChI is InChI=1S/C30H52O7/c1-3-5-7-8-13-17-29(34)36-21-22-37-30(35)18-14-10-9-12-16-25-26(28(33)23-27(25)32)20-19-24(31)15-11-6-4-2/h19-20,24-26,28,31,33H,3-18,21-23H2,1-2H3/b20-19+/t24-,25+,26+,28+/m0/s1. The van der Waals surface area contributed by atoms with E-state index in [-0.39, 0.29) is 49.2 Å². The fourth-order valence-corrected chi connectivity index (χ4v) is 4.86. The molecule has 1 rings (SSSR count). The normalized spacial score (nSPS) is 20.4. The third-order valence-corrected chi connectivity index (χ3v) is 7.13. The zero-order valence-electron chi connectivity index (χ0n) is 23.3. The summed E-state index contributed by atoms with van der Waals surface area (Å²) in [6, 6.07) is 0. The molecule has 214 valence electrons. The molecule has 0 radical (unpaired) electrons. The first kappa shape index (κ1) is 33.3. The van der Waals surface area contributed by atoms with Crippen molar-refractivity contribution in [3.8, 4) is 0 Å². The largest absolute Gasteiger partial charge is 0.462 e. The van der Waals surface area contributed by atoms with E-state index in [1.807, 2.05) is 6.08 Å². The lowest BCUT2D eigenvalue weighted by molar-refractivity contribution is -0.152. The molecule has 0 spiro atoms. The minimum Gasteiger partial charge on any atom is -0.462 e. The quantitative estimate of drug-likeness (QED) is 0.104. The number of Topliss-reactive ketones (excluding diaryl/α,β-unsaturated/α-hetero) is 1. The SMILES string of the molecule is CCCCCCCC(=O)OCCOC(=O)CCCCCC[C@H]1C(=O)C[C@@H](O)[C@@H]1/C=C/[C@@H](O)CCCCC. The van der Waals surface area contributed by atoms with Crippen LogP contribution in [0.2, 0.25) is 0 Å². The van der Waals surface area contributed by atoms with Crippen molar-refractivity contribution in [2.75, 3.05) is 13.2 Å². The molecule has 0 aromatic carbocycles. The Balaban J connectivity index is 2.12. The van der Waals surface area contributed by atoms with Gasteiger partial charge < -0.3 is 19.7 Å². The first-order chi connectivity index (χ1) is 17.9. The van der Waals surface area contributed by atoms with Gasteiger partial charge in [0, 0.05) is 31.1 Å². The molecule has 0 amide bonds. The van der Waals surface area contributed by atoms with Crippen molar-refractivity contribution in [1.29, 1.82) is 0 Å². The average Bonchev–Trinajstić information content (AvgIpc) is 3.14. The van der Waals surface area contributed by atoms with Crippen molar-refractivity contribution in [1.82, 2.24) is 0 Å². The van der Waals surface area contributed by atoms with Crippen LogP contribution in [0.3, 0.4) is 0 Å². The van der Waals surface area contributed by atoms with Crippen molar-refractivity contribution in [2.45, 2.75) is 135 Å². The summed E-state index contributed by atoms with van der Waals surface area (Å²) in [5, 5.41) is 20.4. The van der Waals surface area contributed by atoms with Crippen molar-refractivity contribution >= 4 is 17.7 Å². The maximum Gasteiger partial charge on any atom is 0.305 e. The minimum absolute atomic E-state index is 0.0920. The second-order valence-electron chi connectivity index (χ2n) is 10.4. The van der Waals surface area contributed by atoms with Crippen LogP contribution in [-0.4, -0.2) is 53.4 Å². The predicted molar refractivity (Wildman–Crippen MR) is 145 cm³/mol. The number of ether oxygens (including phenoxy) is 2. The van der Waals surface area contributed by atoms with Crippen LogP contribution < -0.4 is 0 Å². The molecule has 0 heterocycles. The molecule has 1 fully saturated rings. The Hall–Kier alpha value is -1.73. The van der Waals surface area contributed by atoms with Crippen molar-refractivity contribution in [3.63, 3.8) is 0 Å². The number of esters is 2. The lowest BCUT2D eigenvalue weighted by Gasteiger charge is -2.18. The number of hydrogen-bond acceptors (Lipinski definition) is 7. The van der Waals surface area contributed by atoms with Gasteiger partial charge in [-0.3, -0.25) is 14.4 Å². The smallest absolute Gasteiger partial charge is 0.305 e. The Morgan fingerprint density at radius 2 is 1.41 bits per heavy atom. The molecule has 0 saturated heterocycles. The Bertz CT molecular complexity index is 660. The van der Waals surface area contributed by atoms with Gasteiger partial charge in [0.1, 0.15) is 19.0 Å². The molecular formula is C30H52O7. The van der Waals surface area contributed by atoms with Gasteiger partial charge in [0.25, 0.3) is 0 Å². The summed E-state index contributed by atoms with van der Waals surface area (Å²) >= 11 is 0. The summed E-state index contributed by atoms with van der Waals surface area (Å²) in [6.07, 6.45) is 16.6. The van der Waals surface area contributed by atoms with E-state index in [0.717, 1.165) is 57.8 Å². The molecule has 0 aromatic rings. The highest BCUT2D eigenvalue weighted by molar-refractivity contribution is 5.84. The highest BCUT2D eigenvalue weighted by atomic mass is 16.6. The van der Waals surface area contributed by atoms with Gasteiger partial charge in [0.05, 0.1) is 12.2 Å². The molecule has 2 N–H and O–H groups in total. The maximum atomic E-state index is 12.4. The number of aliphatic hydroxyl groups is 2. The number of carbonyl (C=O) groups is 3. The summed E-state index contributed by atoms with van der Waals surface area (Å²) in [6.45, 7) is 4.47. The number of ketones is 1. The molecule has 0 aromatic heterocycles. The van der Waals surface area contributed by atoms with Gasteiger partial charge in [0.15, 0.2) is 0 Å². The molecule has 0 unspecified atom stereocenters. The first-order valence-electron chi connectivity index (χ1n) is 14.8. The third kappa shape index (κ3) is 16.0. The Labute approximate surface area is 224 Å². The van der Waals surface area contributed by atoms with E-state index in [1.54, 1.807) is 6.08 Å². The van der Waals surface area contributed by atoms with Crippen LogP contribution in [0.5, 0.6) is 0 Å². The topological polar surface area (TPSA) is 110 Å². The van der Waals surface area contributed by atoms with E-state index in [9.17, 15) is 24.6 Å². The Morgan fingerprint density at radius 1 is 0.865 bits per heavy atom. The van der Waals surface area contributed by atoms with E-state index in [0.29, 0.717) is 32.1 Å². The molecular weight excluding hydrogens is 472 g/mol. The fraction of sp³-hybridized carbons (Fsp3) is 0.833. The molecule has 0 aliphatic heterocycles. The summed E-state index contributed by atoms with van der Waals surface area (Å²) in [5.74, 6) is -0.839. The van der Waals surface area contributed by atoms with Crippen LogP contribution in [-0.2, 0) is 23.9 Å². The van der Waals surface area contributed by atoms with Crippen LogP contribution in [0.25, 0.3) is 0 Å². The molecule has 4 atom stereocenters. The second kappa shape index (κ2) is 21.2. The molecule has 37 heavy (non-hydrogen) atoms. The van der Waals surface area contributed by atoms with Gasteiger partial charge in [-0.2, -0.15) is 0 Å². The zero-order valence-corrected chi connectivity index (χ0v) is 23.3. The average molecular weight is 525 g/mol. The number of hydrogen-bond donors (Lipinski definition) is 2. The monoisotopic (exact) mass is 524 g/mol. The highest BCUT2D eigenvalue weighted by Crippen LogP contribution is 2.34. The van der Waals surface area contributed by atoms with Gasteiger partial charge in [-0.15, -0.1) is 0 Å². The van der Waals surface area contributed by atoms with Crippen LogP contribution in [0.1, 0.15) is 123 Å². The van der Waals surface area contributed by atoms with Gasteiger partial charge in [-0.1, -0.05) is 90.2 Å². The van der Waals surface area contributed by atoms with Crippen molar-refractivity contribution in [2.24, 2.45) is 11.8 Å². The molecule has 0 bridgehead atoms. The van der Waals surface area contributed by atoms with E-state index in [4.69, 9.17) is 9.47 Å². The van der Waals surface area contributed by atoms with E-state index in [1.165, 1.54) is 12.8 Å². The minimum atomic E-state index is -0.670. The number of unbranched alkanes of at least 4 members (excludes halogenated alkanes) is 9. The van der Waals surface area contributed by atoms with Gasteiger partial charge in [-0.25, -0.2) is 0 Å². The Kier molecular flexibility index (Phi) is 19.1. The lowest BCUT2D eigenvalue weighted by Crippen LogP contribution is -2.19. The van der Waals surface area contributed by atoms with Gasteiger partial charge in [-0.05, 0) is 25.7 Å². The Morgan fingerprint density at radius 3 is 2.00 bits per heavy atom. The second-order valence-corrected chi connectivity index (χ2v) is 10.4. The molecule has 1 aliphatic rings. The molecule has 1 saturated carbocycles. The van der Waals surface area contributed by atoms with Gasteiger partial charge >= 0.3 is 11.9 Å². The first-order valence-corrected chi connectivity index (χ1v) is 14.8. The third-order valence-electron chi connectivity index (χ3n) is 7.13. The van der Waals surface area contributed by atoms with E-state index < -0.39 is 12.2 Å². The van der Waals surface area contributed by atoms with Crippen molar-refractivity contribution < 1.29 is 34.1 Å². The maximum absolute atomic E-state index is 12.4. The molecule has 7 nitrogen and oxygen atoms in total. The molecule has 1 aliphatic carbocycles. The lowest BCUT2D eigenvalue weighted by atomic mass is 9.88. The van der Waals surface area contributed by atoms with Crippen LogP contribution in [0.4, 0.5) is 0 Å². The van der Waals surface area contributed by atoms with Crippen LogP contribution in [0.15, 0.2) is 12.2 Å². The van der Waals surface area contributed by atoms with Crippen LogP contribution >= 0.6 is 0 Å². The van der Waals surface area contributed by atoms with E-state index in [2.05, 4.69) is 13.8 Å². The van der Waals surface area contributed by atoms with Crippen LogP contribution in [0, 0.1) is 11.8 Å². The highest BCUT2D eigenvalue weighted by Gasteiger charge is 2.39. The fourth-order valence-electron chi connectivity index (χ4n) is 4.86. The van der Waals surface area contributed by atoms with E-state index >= 15 is 0 Å². The number of aliphatic hydroxyl groups excluding tert-OH is 2. The summed E-state index contributed by atoms with van der Waals surface area (Å²) < 4.78 is 10.2. The van der Waals surface area contributed by atoms with Crippen molar-refractivity contribution in [3.05, 3.63) is 12.2 Å². The zero-order chi connectivity index (χ0) is 27.3. The summed E-state index contributed by atoms with van der Waals surface area (Å²) in [4.78, 5) is 35.9. The predicted octanol–water partition coefficient (Wildman–Crippen LogP) is 5.84. The number of rotatable bonds is 22. The molecule has 7 heteroatoms. The summed E-state index contributed by atoms with van der Waals surface area (Å²) in [7, 11) is 0. The summed E-state index contributed by atoms with van der Waals surface area (Å²) in [5.41, 5.74) is 0. The number of carbonyl (C=O) groups excluding carboxylic acids is 3.